The van der Waals surface area contributed by atoms with Gasteiger partial charge in [-0.1, -0.05) is 18.2 Å². The summed E-state index contributed by atoms with van der Waals surface area (Å²) in [5.74, 6) is -1.08. The number of para-hydroxylation sites is 1. The molecule has 0 spiro atoms. The number of hydrogen-bond acceptors (Lipinski definition) is 2. The smallest absolute Gasteiger partial charge is 0.317 e. The summed E-state index contributed by atoms with van der Waals surface area (Å²) < 4.78 is 0. The summed E-state index contributed by atoms with van der Waals surface area (Å²) >= 11 is 0. The van der Waals surface area contributed by atoms with Crippen molar-refractivity contribution in [2.24, 2.45) is 5.92 Å². The van der Waals surface area contributed by atoms with Crippen LogP contribution < -0.4 is 5.32 Å². The van der Waals surface area contributed by atoms with E-state index in [1.807, 2.05) is 19.1 Å². The molecule has 1 aliphatic heterocycles. The number of likely N-dealkylation sites (tertiary alicyclic amines) is 1. The number of carbonyl (C=O) groups is 2. The zero-order chi connectivity index (χ0) is 17.1. The number of benzene rings is 1. The van der Waals surface area contributed by atoms with E-state index in [2.05, 4.69) is 22.4 Å². The molecule has 1 saturated heterocycles. The minimum atomic E-state index is -0.759. The predicted molar refractivity (Wildman–Crippen MR) is 92.1 cm³/mol. The minimum Gasteiger partial charge on any atom is -0.481 e. The molecule has 0 aliphatic carbocycles. The van der Waals surface area contributed by atoms with Crippen LogP contribution in [0.25, 0.3) is 10.9 Å². The SMILES string of the molecule is Cc1[nH]c2ccccc2c1CCNC(=O)N1CCC(C(=O)O)CC1. The molecule has 0 bridgehead atoms. The van der Waals surface area contributed by atoms with E-state index in [9.17, 15) is 9.59 Å². The Bertz CT molecular complexity index is 745. The summed E-state index contributed by atoms with van der Waals surface area (Å²) in [5, 5.41) is 13.2. The van der Waals surface area contributed by atoms with Crippen LogP contribution in [0.4, 0.5) is 4.79 Å². The molecule has 24 heavy (non-hydrogen) atoms. The van der Waals surface area contributed by atoms with Gasteiger partial charge in [0.05, 0.1) is 5.92 Å². The van der Waals surface area contributed by atoms with Crippen molar-refractivity contribution < 1.29 is 14.7 Å². The summed E-state index contributed by atoms with van der Waals surface area (Å²) in [6, 6.07) is 8.06. The Morgan fingerprint density at radius 2 is 2.00 bits per heavy atom. The number of H-pyrrole nitrogens is 1. The normalized spacial score (nSPS) is 15.6. The number of piperidine rings is 1. The average molecular weight is 329 g/mol. The fourth-order valence-corrected chi connectivity index (χ4v) is 3.39. The zero-order valence-electron chi connectivity index (χ0n) is 13.8. The Labute approximate surface area is 140 Å². The van der Waals surface area contributed by atoms with E-state index in [1.54, 1.807) is 4.90 Å². The van der Waals surface area contributed by atoms with Crippen LogP contribution in [-0.2, 0) is 11.2 Å². The van der Waals surface area contributed by atoms with E-state index in [-0.39, 0.29) is 11.9 Å². The van der Waals surface area contributed by atoms with Gasteiger partial charge in [0.1, 0.15) is 0 Å². The molecule has 0 saturated carbocycles. The highest BCUT2D eigenvalue weighted by atomic mass is 16.4. The first-order valence-corrected chi connectivity index (χ1v) is 8.38. The summed E-state index contributed by atoms with van der Waals surface area (Å²) in [7, 11) is 0. The van der Waals surface area contributed by atoms with Crippen molar-refractivity contribution in [3.63, 3.8) is 0 Å². The highest BCUT2D eigenvalue weighted by molar-refractivity contribution is 5.84. The fraction of sp³-hybridized carbons (Fsp3) is 0.444. The lowest BCUT2D eigenvalue weighted by Gasteiger charge is -2.30. The van der Waals surface area contributed by atoms with Crippen LogP contribution in [0.15, 0.2) is 24.3 Å². The van der Waals surface area contributed by atoms with Crippen molar-refractivity contribution in [3.8, 4) is 0 Å². The molecule has 2 amide bonds. The first kappa shape index (κ1) is 16.4. The van der Waals surface area contributed by atoms with Gasteiger partial charge in [-0.25, -0.2) is 4.79 Å². The maximum atomic E-state index is 12.2. The highest BCUT2D eigenvalue weighted by Gasteiger charge is 2.26. The number of aliphatic carboxylic acids is 1. The Balaban J connectivity index is 1.52. The molecule has 1 aromatic carbocycles. The third-order valence-corrected chi connectivity index (χ3v) is 4.81. The Hall–Kier alpha value is -2.50. The largest absolute Gasteiger partial charge is 0.481 e. The van der Waals surface area contributed by atoms with Crippen LogP contribution in [-0.4, -0.2) is 46.6 Å². The molecule has 1 fully saturated rings. The summed E-state index contributed by atoms with van der Waals surface area (Å²) in [4.78, 5) is 28.2. The molecular weight excluding hydrogens is 306 g/mol. The maximum Gasteiger partial charge on any atom is 0.317 e. The molecule has 1 aromatic heterocycles. The van der Waals surface area contributed by atoms with Gasteiger partial charge in [-0.3, -0.25) is 4.79 Å². The monoisotopic (exact) mass is 329 g/mol. The van der Waals surface area contributed by atoms with Crippen molar-refractivity contribution in [3.05, 3.63) is 35.5 Å². The number of carboxylic acid groups (broad SMARTS) is 1. The number of amides is 2. The molecule has 0 radical (unpaired) electrons. The average Bonchev–Trinajstić information content (AvgIpc) is 2.90. The van der Waals surface area contributed by atoms with Gasteiger partial charge in [-0.05, 0) is 37.8 Å². The lowest BCUT2D eigenvalue weighted by atomic mass is 9.97. The second kappa shape index (κ2) is 6.95. The van der Waals surface area contributed by atoms with E-state index in [0.717, 1.165) is 17.6 Å². The molecule has 2 heterocycles. The minimum absolute atomic E-state index is 0.101. The molecule has 128 valence electrons. The van der Waals surface area contributed by atoms with Crippen molar-refractivity contribution >= 4 is 22.9 Å². The topological polar surface area (TPSA) is 85.4 Å². The van der Waals surface area contributed by atoms with Crippen LogP contribution in [0.3, 0.4) is 0 Å². The molecule has 0 atom stereocenters. The number of hydrogen-bond donors (Lipinski definition) is 3. The Kier molecular flexibility index (Phi) is 4.74. The van der Waals surface area contributed by atoms with Crippen molar-refractivity contribution in [2.45, 2.75) is 26.2 Å². The second-order valence-corrected chi connectivity index (χ2v) is 6.36. The van der Waals surface area contributed by atoms with Crippen LogP contribution in [0, 0.1) is 12.8 Å². The van der Waals surface area contributed by atoms with Crippen molar-refractivity contribution in [2.75, 3.05) is 19.6 Å². The molecule has 0 unspecified atom stereocenters. The van der Waals surface area contributed by atoms with Gasteiger partial charge >= 0.3 is 12.0 Å². The third kappa shape index (κ3) is 3.37. The van der Waals surface area contributed by atoms with Crippen molar-refractivity contribution in [1.29, 1.82) is 0 Å². The van der Waals surface area contributed by atoms with Crippen molar-refractivity contribution in [1.82, 2.24) is 15.2 Å². The van der Waals surface area contributed by atoms with Crippen LogP contribution in [0.1, 0.15) is 24.1 Å². The van der Waals surface area contributed by atoms with Crippen LogP contribution in [0.5, 0.6) is 0 Å². The van der Waals surface area contributed by atoms with Gasteiger partial charge in [0.25, 0.3) is 0 Å². The highest BCUT2D eigenvalue weighted by Crippen LogP contribution is 2.22. The molecule has 6 nitrogen and oxygen atoms in total. The molecular formula is C18H23N3O3. The van der Waals surface area contributed by atoms with Crippen LogP contribution >= 0.6 is 0 Å². The number of aryl methyl sites for hydroxylation is 1. The van der Waals surface area contributed by atoms with E-state index in [0.29, 0.717) is 32.5 Å². The molecule has 3 rings (SSSR count). The number of nitrogens with zero attached hydrogens (tertiary/aromatic N) is 1. The second-order valence-electron chi connectivity index (χ2n) is 6.36. The number of aromatic amines is 1. The van der Waals surface area contributed by atoms with Gasteiger partial charge in [0.2, 0.25) is 0 Å². The molecule has 2 aromatic rings. The molecule has 3 N–H and O–H groups in total. The van der Waals surface area contributed by atoms with Gasteiger partial charge < -0.3 is 20.3 Å². The molecule has 1 aliphatic rings. The first-order valence-electron chi connectivity index (χ1n) is 8.38. The lowest BCUT2D eigenvalue weighted by Crippen LogP contribution is -2.45. The standard InChI is InChI=1S/C18H23N3O3/c1-12-14(15-4-2-3-5-16(15)20-12)6-9-19-18(24)21-10-7-13(8-11-21)17(22)23/h2-5,13,20H,6-11H2,1H3,(H,19,24)(H,22,23). The van der Waals surface area contributed by atoms with E-state index in [1.165, 1.54) is 10.9 Å². The van der Waals surface area contributed by atoms with E-state index in [4.69, 9.17) is 5.11 Å². The molecule has 6 heteroatoms. The number of carbonyl (C=O) groups excluding carboxylic acids is 1. The van der Waals surface area contributed by atoms with Gasteiger partial charge in [0, 0.05) is 36.2 Å². The zero-order valence-corrected chi connectivity index (χ0v) is 13.8. The fourth-order valence-electron chi connectivity index (χ4n) is 3.39. The first-order chi connectivity index (χ1) is 11.6. The number of urea groups is 1. The Morgan fingerprint density at radius 1 is 1.29 bits per heavy atom. The lowest BCUT2D eigenvalue weighted by molar-refractivity contribution is -0.143. The maximum absolute atomic E-state index is 12.2. The number of fused-ring (bicyclic) bond motifs is 1. The number of carboxylic acids is 1. The number of aromatic nitrogens is 1. The van der Waals surface area contributed by atoms with E-state index < -0.39 is 5.97 Å². The van der Waals surface area contributed by atoms with E-state index >= 15 is 0 Å². The summed E-state index contributed by atoms with van der Waals surface area (Å²) in [6.45, 7) is 3.64. The number of nitrogens with one attached hydrogen (secondary N) is 2. The third-order valence-electron chi connectivity index (χ3n) is 4.81. The summed E-state index contributed by atoms with van der Waals surface area (Å²) in [6.07, 6.45) is 1.84. The quantitative estimate of drug-likeness (QED) is 0.806. The Morgan fingerprint density at radius 3 is 2.71 bits per heavy atom. The van der Waals surface area contributed by atoms with Crippen LogP contribution in [0.2, 0.25) is 0 Å². The van der Waals surface area contributed by atoms with Gasteiger partial charge in [-0.15, -0.1) is 0 Å². The van der Waals surface area contributed by atoms with Gasteiger partial charge in [0.15, 0.2) is 0 Å². The number of rotatable bonds is 4. The summed E-state index contributed by atoms with van der Waals surface area (Å²) in [5.41, 5.74) is 3.48. The van der Waals surface area contributed by atoms with Gasteiger partial charge in [-0.2, -0.15) is 0 Å². The predicted octanol–water partition coefficient (Wildman–Crippen LogP) is 2.53.